The minimum atomic E-state index is -1.50. The zero-order valence-electron chi connectivity index (χ0n) is 11.1. The Morgan fingerprint density at radius 1 is 1.29 bits per heavy atom. The van der Waals surface area contributed by atoms with Gasteiger partial charge in [-0.2, -0.15) is 0 Å². The summed E-state index contributed by atoms with van der Waals surface area (Å²) in [4.78, 5) is 21.6. The number of nitrogens with zero attached hydrogens (tertiary/aromatic N) is 1. The fourth-order valence-electron chi connectivity index (χ4n) is 2.60. The van der Waals surface area contributed by atoms with Crippen molar-refractivity contribution in [3.8, 4) is 0 Å². The normalized spacial score (nSPS) is 17.2. The Hall–Kier alpha value is -2.25. The molecule has 6 nitrogen and oxygen atoms in total. The van der Waals surface area contributed by atoms with E-state index in [2.05, 4.69) is 5.32 Å². The van der Waals surface area contributed by atoms with Gasteiger partial charge in [-0.3, -0.25) is 10.1 Å². The maximum Gasteiger partial charge on any atom is 0.329 e. The molecule has 114 valence electrons. The molecule has 1 aliphatic carbocycles. The molecule has 21 heavy (non-hydrogen) atoms. The van der Waals surface area contributed by atoms with Crippen LogP contribution < -0.4 is 5.32 Å². The highest BCUT2D eigenvalue weighted by Gasteiger charge is 2.42. The minimum Gasteiger partial charge on any atom is -0.480 e. The fourth-order valence-corrected chi connectivity index (χ4v) is 2.60. The van der Waals surface area contributed by atoms with E-state index in [0.717, 1.165) is 12.5 Å². The van der Waals surface area contributed by atoms with Gasteiger partial charge in [0.25, 0.3) is 5.69 Å². The van der Waals surface area contributed by atoms with Gasteiger partial charge in [-0.15, -0.1) is 0 Å². The molecule has 1 aromatic rings. The standard InChI is InChI=1S/C13H14F2N2O4/c14-8-4-5-9(17(20)21)11(10(8)15)16-13(12(18)19)6-2-1-3-7-13/h4-5,16H,1-3,6-7H2,(H,18,19). The monoisotopic (exact) mass is 300 g/mol. The summed E-state index contributed by atoms with van der Waals surface area (Å²) in [6, 6.07) is 1.46. The van der Waals surface area contributed by atoms with Gasteiger partial charge in [-0.25, -0.2) is 13.6 Å². The van der Waals surface area contributed by atoms with Crippen LogP contribution in [0.4, 0.5) is 20.2 Å². The van der Waals surface area contributed by atoms with Crippen LogP contribution in [-0.2, 0) is 4.79 Å². The molecule has 0 aliphatic heterocycles. The number of carboxylic acids is 1. The second kappa shape index (κ2) is 5.63. The lowest BCUT2D eigenvalue weighted by Gasteiger charge is -2.34. The van der Waals surface area contributed by atoms with Gasteiger partial charge in [0.15, 0.2) is 17.3 Å². The molecular formula is C13H14F2N2O4. The van der Waals surface area contributed by atoms with E-state index in [1.54, 1.807) is 0 Å². The topological polar surface area (TPSA) is 92.5 Å². The molecule has 0 unspecified atom stereocenters. The number of benzene rings is 1. The van der Waals surface area contributed by atoms with Crippen molar-refractivity contribution in [2.45, 2.75) is 37.6 Å². The van der Waals surface area contributed by atoms with E-state index in [4.69, 9.17) is 0 Å². The van der Waals surface area contributed by atoms with E-state index in [1.807, 2.05) is 0 Å². The second-order valence-corrected chi connectivity index (χ2v) is 5.09. The molecule has 0 aromatic heterocycles. The molecule has 0 amide bonds. The van der Waals surface area contributed by atoms with Crippen molar-refractivity contribution < 1.29 is 23.6 Å². The van der Waals surface area contributed by atoms with Crippen LogP contribution in [0.25, 0.3) is 0 Å². The van der Waals surface area contributed by atoms with Crippen LogP contribution in [0.5, 0.6) is 0 Å². The first-order chi connectivity index (χ1) is 9.87. The molecule has 0 atom stereocenters. The average molecular weight is 300 g/mol. The van der Waals surface area contributed by atoms with Crippen LogP contribution in [0.15, 0.2) is 12.1 Å². The molecule has 2 rings (SSSR count). The van der Waals surface area contributed by atoms with E-state index in [9.17, 15) is 28.8 Å². The number of aliphatic carboxylic acids is 1. The highest BCUT2D eigenvalue weighted by molar-refractivity contribution is 5.84. The Morgan fingerprint density at radius 3 is 2.43 bits per heavy atom. The highest BCUT2D eigenvalue weighted by Crippen LogP contribution is 2.37. The number of halogens is 2. The van der Waals surface area contributed by atoms with Gasteiger partial charge in [0, 0.05) is 6.07 Å². The Morgan fingerprint density at radius 2 is 1.90 bits per heavy atom. The number of rotatable bonds is 4. The number of hydrogen-bond acceptors (Lipinski definition) is 4. The van der Waals surface area contributed by atoms with Crippen molar-refractivity contribution in [2.75, 3.05) is 5.32 Å². The summed E-state index contributed by atoms with van der Waals surface area (Å²) in [5.41, 5.74) is -2.89. The summed E-state index contributed by atoms with van der Waals surface area (Å²) in [5.74, 6) is -3.92. The van der Waals surface area contributed by atoms with E-state index in [-0.39, 0.29) is 12.8 Å². The second-order valence-electron chi connectivity index (χ2n) is 5.09. The van der Waals surface area contributed by atoms with Crippen molar-refractivity contribution in [3.63, 3.8) is 0 Å². The van der Waals surface area contributed by atoms with Gasteiger partial charge in [-0.1, -0.05) is 19.3 Å². The van der Waals surface area contributed by atoms with Gasteiger partial charge in [-0.05, 0) is 18.9 Å². The molecule has 0 spiro atoms. The summed E-state index contributed by atoms with van der Waals surface area (Å²) in [7, 11) is 0. The molecular weight excluding hydrogens is 286 g/mol. The maximum atomic E-state index is 13.9. The zero-order valence-corrected chi connectivity index (χ0v) is 11.1. The summed E-state index contributed by atoms with van der Waals surface area (Å²) < 4.78 is 27.2. The number of carbonyl (C=O) groups is 1. The summed E-state index contributed by atoms with van der Waals surface area (Å²) in [6.45, 7) is 0. The van der Waals surface area contributed by atoms with Crippen molar-refractivity contribution in [1.29, 1.82) is 0 Å². The quantitative estimate of drug-likeness (QED) is 0.658. The lowest BCUT2D eigenvalue weighted by Crippen LogP contribution is -2.48. The SMILES string of the molecule is O=C(O)C1(Nc2c([N+](=O)[O-])ccc(F)c2F)CCCCC1. The first kappa shape index (κ1) is 15.1. The third-order valence-corrected chi connectivity index (χ3v) is 3.75. The van der Waals surface area contributed by atoms with Crippen LogP contribution >= 0.6 is 0 Å². The van der Waals surface area contributed by atoms with Crippen molar-refractivity contribution >= 4 is 17.3 Å². The lowest BCUT2D eigenvalue weighted by atomic mass is 9.81. The predicted molar refractivity (Wildman–Crippen MR) is 70.1 cm³/mol. The fraction of sp³-hybridized carbons (Fsp3) is 0.462. The first-order valence-corrected chi connectivity index (χ1v) is 6.51. The van der Waals surface area contributed by atoms with E-state index < -0.39 is 39.4 Å². The number of hydrogen-bond donors (Lipinski definition) is 2. The molecule has 0 radical (unpaired) electrons. The van der Waals surface area contributed by atoms with Crippen LogP contribution in [0.3, 0.4) is 0 Å². The first-order valence-electron chi connectivity index (χ1n) is 6.51. The van der Waals surface area contributed by atoms with Gasteiger partial charge in [0.1, 0.15) is 5.54 Å². The molecule has 2 N–H and O–H groups in total. The van der Waals surface area contributed by atoms with E-state index in [1.165, 1.54) is 0 Å². The van der Waals surface area contributed by atoms with Gasteiger partial charge < -0.3 is 10.4 Å². The van der Waals surface area contributed by atoms with Crippen LogP contribution in [0.1, 0.15) is 32.1 Å². The third kappa shape index (κ3) is 2.79. The summed E-state index contributed by atoms with van der Waals surface area (Å²) in [5, 5.41) is 22.7. The Labute approximate surface area is 118 Å². The number of nitrogens with one attached hydrogen (secondary N) is 1. The number of nitro groups is 1. The van der Waals surface area contributed by atoms with Gasteiger partial charge in [0.05, 0.1) is 4.92 Å². The van der Waals surface area contributed by atoms with Crippen molar-refractivity contribution in [2.24, 2.45) is 0 Å². The maximum absolute atomic E-state index is 13.9. The summed E-state index contributed by atoms with van der Waals surface area (Å²) in [6.07, 6.45) is 2.45. The highest BCUT2D eigenvalue weighted by atomic mass is 19.2. The number of anilines is 1. The number of carboxylic acid groups (broad SMARTS) is 1. The van der Waals surface area contributed by atoms with Gasteiger partial charge >= 0.3 is 5.97 Å². The largest absolute Gasteiger partial charge is 0.480 e. The van der Waals surface area contributed by atoms with Gasteiger partial charge in [0.2, 0.25) is 0 Å². The Bertz CT molecular complexity index is 586. The molecule has 1 fully saturated rings. The van der Waals surface area contributed by atoms with Crippen LogP contribution in [0, 0.1) is 21.7 Å². The predicted octanol–water partition coefficient (Wildman–Crippen LogP) is 3.07. The smallest absolute Gasteiger partial charge is 0.329 e. The van der Waals surface area contributed by atoms with E-state index >= 15 is 0 Å². The molecule has 8 heteroatoms. The molecule has 0 saturated heterocycles. The Kier molecular flexibility index (Phi) is 4.06. The van der Waals surface area contributed by atoms with E-state index in [0.29, 0.717) is 18.9 Å². The molecule has 1 aromatic carbocycles. The molecule has 1 aliphatic rings. The number of nitro benzene ring substituents is 1. The molecule has 0 heterocycles. The Balaban J connectivity index is 2.48. The van der Waals surface area contributed by atoms with Crippen LogP contribution in [-0.4, -0.2) is 21.5 Å². The van der Waals surface area contributed by atoms with Crippen molar-refractivity contribution in [1.82, 2.24) is 0 Å². The van der Waals surface area contributed by atoms with Crippen molar-refractivity contribution in [3.05, 3.63) is 33.9 Å². The summed E-state index contributed by atoms with van der Waals surface area (Å²) >= 11 is 0. The molecule has 1 saturated carbocycles. The third-order valence-electron chi connectivity index (χ3n) is 3.75. The molecule has 0 bridgehead atoms. The zero-order chi connectivity index (χ0) is 15.6. The minimum absolute atomic E-state index is 0.204. The average Bonchev–Trinajstić information content (AvgIpc) is 2.44. The van der Waals surface area contributed by atoms with Crippen LogP contribution in [0.2, 0.25) is 0 Å². The lowest BCUT2D eigenvalue weighted by molar-refractivity contribution is -0.384.